The highest BCUT2D eigenvalue weighted by molar-refractivity contribution is 5.97. The molecule has 9 heavy (non-hydrogen) atoms. The van der Waals surface area contributed by atoms with E-state index in [1.54, 1.807) is 7.05 Å². The first-order chi connectivity index (χ1) is 4.22. The van der Waals surface area contributed by atoms with Crippen LogP contribution in [0.3, 0.4) is 0 Å². The van der Waals surface area contributed by atoms with Gasteiger partial charge in [0.1, 0.15) is 0 Å². The van der Waals surface area contributed by atoms with E-state index in [9.17, 15) is 0 Å². The minimum absolute atomic E-state index is 1.05. The Hall–Kier alpha value is -0.810. The van der Waals surface area contributed by atoms with Crippen molar-refractivity contribution in [2.45, 2.75) is 20.8 Å². The van der Waals surface area contributed by atoms with Crippen molar-refractivity contribution in [3.8, 4) is 0 Å². The van der Waals surface area contributed by atoms with Crippen LogP contribution >= 0.6 is 0 Å². The van der Waals surface area contributed by atoms with E-state index >= 15 is 0 Å². The van der Waals surface area contributed by atoms with Crippen molar-refractivity contribution in [2.75, 3.05) is 7.05 Å². The maximum Gasteiger partial charge on any atom is 0.0419 e. The summed E-state index contributed by atoms with van der Waals surface area (Å²) in [4.78, 5) is 4.00. The van der Waals surface area contributed by atoms with E-state index in [4.69, 9.17) is 0 Å². The molecule has 0 saturated heterocycles. The first-order valence-electron chi connectivity index (χ1n) is 3.04. The minimum Gasteiger partial charge on any atom is -0.292 e. The molecule has 0 fully saturated rings. The molecule has 0 aromatic carbocycles. The van der Waals surface area contributed by atoms with Crippen molar-refractivity contribution in [3.63, 3.8) is 0 Å². The van der Waals surface area contributed by atoms with Crippen LogP contribution in [0.15, 0.2) is 22.4 Å². The summed E-state index contributed by atoms with van der Waals surface area (Å²) in [6.07, 6.45) is 1.89. The number of hydrogen-bond donors (Lipinski definition) is 0. The second-order valence-corrected chi connectivity index (χ2v) is 1.87. The van der Waals surface area contributed by atoms with Crippen LogP contribution in [0.5, 0.6) is 0 Å². The third-order valence-electron chi connectivity index (χ3n) is 1.24. The monoisotopic (exact) mass is 123 g/mol. The van der Waals surface area contributed by atoms with Gasteiger partial charge in [-0.2, -0.15) is 0 Å². The van der Waals surface area contributed by atoms with E-state index in [1.165, 1.54) is 0 Å². The molecule has 0 radical (unpaired) electrons. The molecule has 0 saturated carbocycles. The molecule has 1 nitrogen and oxygen atoms in total. The minimum atomic E-state index is 1.05. The number of nitrogens with zero attached hydrogens (tertiary/aromatic N) is 1. The maximum atomic E-state index is 4.00. The highest BCUT2D eigenvalue weighted by Crippen LogP contribution is 1.92. The molecule has 0 N–H and O–H groups in total. The molecule has 0 aliphatic heterocycles. The van der Waals surface area contributed by atoms with Gasteiger partial charge in [-0.05, 0) is 26.8 Å². The Morgan fingerprint density at radius 1 is 1.44 bits per heavy atom. The standard InChI is InChI=1S/C8H13N/c1-5-6-7(2)8(3)9-4/h5H,1-4H3. The summed E-state index contributed by atoms with van der Waals surface area (Å²) >= 11 is 0. The zero-order valence-electron chi connectivity index (χ0n) is 6.52. The third kappa shape index (κ3) is 2.89. The van der Waals surface area contributed by atoms with Crippen molar-refractivity contribution in [3.05, 3.63) is 17.4 Å². The third-order valence-corrected chi connectivity index (χ3v) is 1.24. The molecular formula is C8H13N. The lowest BCUT2D eigenvalue weighted by molar-refractivity contribution is 1.39. The zero-order valence-corrected chi connectivity index (χ0v) is 6.52. The molecule has 0 aromatic rings. The molecule has 0 aliphatic rings. The van der Waals surface area contributed by atoms with Crippen molar-refractivity contribution < 1.29 is 0 Å². The van der Waals surface area contributed by atoms with Crippen LogP contribution < -0.4 is 0 Å². The van der Waals surface area contributed by atoms with E-state index in [-0.39, 0.29) is 0 Å². The molecule has 50 valence electrons. The summed E-state index contributed by atoms with van der Waals surface area (Å²) in [6, 6.07) is 0. The Bertz CT molecular complexity index is 169. The van der Waals surface area contributed by atoms with Crippen LogP contribution in [-0.2, 0) is 0 Å². The van der Waals surface area contributed by atoms with E-state index < -0.39 is 0 Å². The largest absolute Gasteiger partial charge is 0.292 e. The SMILES string of the molecule is CC=C=C(C)C(C)=NC. The van der Waals surface area contributed by atoms with E-state index in [0.29, 0.717) is 0 Å². The molecule has 0 heterocycles. The van der Waals surface area contributed by atoms with Crippen molar-refractivity contribution in [1.82, 2.24) is 0 Å². The van der Waals surface area contributed by atoms with Gasteiger partial charge in [0.05, 0.1) is 0 Å². The van der Waals surface area contributed by atoms with Crippen LogP contribution in [0.1, 0.15) is 20.8 Å². The molecule has 0 unspecified atom stereocenters. The van der Waals surface area contributed by atoms with Crippen LogP contribution in [0, 0.1) is 0 Å². The Kier molecular flexibility index (Phi) is 3.74. The van der Waals surface area contributed by atoms with Gasteiger partial charge in [0.2, 0.25) is 0 Å². The predicted molar refractivity (Wildman–Crippen MR) is 42.0 cm³/mol. The lowest BCUT2D eigenvalue weighted by atomic mass is 10.2. The van der Waals surface area contributed by atoms with Gasteiger partial charge in [0.15, 0.2) is 0 Å². The molecule has 0 atom stereocenters. The Morgan fingerprint density at radius 2 is 2.00 bits per heavy atom. The Balaban J connectivity index is 4.40. The average molecular weight is 123 g/mol. The summed E-state index contributed by atoms with van der Waals surface area (Å²) in [7, 11) is 1.79. The molecule has 0 amide bonds. The fraction of sp³-hybridized carbons (Fsp3) is 0.500. The Labute approximate surface area is 56.8 Å². The quantitative estimate of drug-likeness (QED) is 0.374. The smallest absolute Gasteiger partial charge is 0.0419 e. The van der Waals surface area contributed by atoms with Gasteiger partial charge < -0.3 is 0 Å². The summed E-state index contributed by atoms with van der Waals surface area (Å²) in [5, 5.41) is 0. The second-order valence-electron chi connectivity index (χ2n) is 1.87. The first-order valence-corrected chi connectivity index (χ1v) is 3.04. The van der Waals surface area contributed by atoms with Crippen molar-refractivity contribution >= 4 is 5.71 Å². The lowest BCUT2D eigenvalue weighted by Crippen LogP contribution is -1.89. The second kappa shape index (κ2) is 4.11. The topological polar surface area (TPSA) is 12.4 Å². The molecule has 0 bridgehead atoms. The van der Waals surface area contributed by atoms with Gasteiger partial charge in [-0.15, -0.1) is 5.73 Å². The molecule has 0 rings (SSSR count). The van der Waals surface area contributed by atoms with Gasteiger partial charge >= 0.3 is 0 Å². The van der Waals surface area contributed by atoms with E-state index in [0.717, 1.165) is 11.3 Å². The van der Waals surface area contributed by atoms with Gasteiger partial charge in [0.25, 0.3) is 0 Å². The molecule has 0 aromatic heterocycles. The molecule has 0 aliphatic carbocycles. The summed E-state index contributed by atoms with van der Waals surface area (Å²) < 4.78 is 0. The normalized spacial score (nSPS) is 10.4. The Morgan fingerprint density at radius 3 is 2.33 bits per heavy atom. The fourth-order valence-electron chi connectivity index (χ4n) is 0.489. The number of hydrogen-bond acceptors (Lipinski definition) is 1. The van der Waals surface area contributed by atoms with Crippen LogP contribution in [0.4, 0.5) is 0 Å². The number of aliphatic imine (C=N–C) groups is 1. The van der Waals surface area contributed by atoms with Crippen molar-refractivity contribution in [2.24, 2.45) is 4.99 Å². The van der Waals surface area contributed by atoms with Crippen LogP contribution in [-0.4, -0.2) is 12.8 Å². The van der Waals surface area contributed by atoms with Crippen LogP contribution in [0.25, 0.3) is 0 Å². The highest BCUT2D eigenvalue weighted by atomic mass is 14.7. The average Bonchev–Trinajstić information content (AvgIpc) is 1.87. The highest BCUT2D eigenvalue weighted by Gasteiger charge is 1.87. The molecule has 1 heteroatoms. The summed E-state index contributed by atoms with van der Waals surface area (Å²) in [5.74, 6) is 0. The maximum absolute atomic E-state index is 4.00. The van der Waals surface area contributed by atoms with Gasteiger partial charge in [-0.25, -0.2) is 0 Å². The summed E-state index contributed by atoms with van der Waals surface area (Å²) in [6.45, 7) is 5.93. The fourth-order valence-corrected chi connectivity index (χ4v) is 0.489. The van der Waals surface area contributed by atoms with E-state index in [2.05, 4.69) is 10.7 Å². The number of allylic oxidation sites excluding steroid dienone is 1. The molecular weight excluding hydrogens is 110 g/mol. The number of rotatable bonds is 1. The van der Waals surface area contributed by atoms with Gasteiger partial charge in [-0.1, -0.05) is 0 Å². The first kappa shape index (κ1) is 8.19. The van der Waals surface area contributed by atoms with Crippen molar-refractivity contribution in [1.29, 1.82) is 0 Å². The molecule has 0 spiro atoms. The van der Waals surface area contributed by atoms with Gasteiger partial charge in [-0.3, -0.25) is 4.99 Å². The lowest BCUT2D eigenvalue weighted by Gasteiger charge is -1.91. The predicted octanol–water partition coefficient (Wildman–Crippen LogP) is 2.20. The van der Waals surface area contributed by atoms with Crippen LogP contribution in [0.2, 0.25) is 0 Å². The summed E-state index contributed by atoms with van der Waals surface area (Å²) in [5.41, 5.74) is 5.22. The van der Waals surface area contributed by atoms with E-state index in [1.807, 2.05) is 26.8 Å². The van der Waals surface area contributed by atoms with Gasteiger partial charge in [0, 0.05) is 18.3 Å². The zero-order chi connectivity index (χ0) is 7.28.